The fraction of sp³-hybridized carbons (Fsp3) is 0.143. The number of pyridine rings is 1. The van der Waals surface area contributed by atoms with Crippen molar-refractivity contribution < 1.29 is 17.9 Å². The Morgan fingerprint density at radius 1 is 0.964 bits per heavy atom. The molecule has 4 nitrogen and oxygen atoms in total. The minimum Gasteiger partial charge on any atom is -0.406 e. The molecule has 0 aliphatic rings. The lowest BCUT2D eigenvalue weighted by Crippen LogP contribution is -2.16. The predicted molar refractivity (Wildman–Crippen MR) is 100 cm³/mol. The van der Waals surface area contributed by atoms with Gasteiger partial charge in [0, 0.05) is 11.1 Å². The average molecular weight is 383 g/mol. The predicted octanol–water partition coefficient (Wildman–Crippen LogP) is 5.38. The van der Waals surface area contributed by atoms with Gasteiger partial charge in [0.1, 0.15) is 23.2 Å². The molecule has 1 aromatic heterocycles. The number of nitrogens with zero attached hydrogens (tertiary/aromatic N) is 2. The van der Waals surface area contributed by atoms with E-state index in [4.69, 9.17) is 5.73 Å². The molecule has 0 bridgehead atoms. The Balaban J connectivity index is 2.14. The second kappa shape index (κ2) is 7.24. The second-order valence-electron chi connectivity index (χ2n) is 6.27. The molecule has 0 radical (unpaired) electrons. The molecular weight excluding hydrogens is 367 g/mol. The first-order chi connectivity index (χ1) is 13.2. The topological polar surface area (TPSA) is 71.9 Å². The van der Waals surface area contributed by atoms with Crippen molar-refractivity contribution in [3.8, 4) is 34.2 Å². The number of aromatic nitrogens is 1. The van der Waals surface area contributed by atoms with Crippen molar-refractivity contribution >= 4 is 5.82 Å². The Kier molecular flexibility index (Phi) is 4.97. The SMILES string of the molecule is Cc1ccc(-c2nc(N)c(C#N)c(-c3ccc(OC(F)(F)F)cc3)c2C)cc1. The number of hydrogen-bond donors (Lipinski definition) is 1. The van der Waals surface area contributed by atoms with Crippen molar-refractivity contribution in [3.63, 3.8) is 0 Å². The molecule has 2 aromatic carbocycles. The minimum absolute atomic E-state index is 0.0642. The zero-order valence-corrected chi connectivity index (χ0v) is 15.1. The van der Waals surface area contributed by atoms with Gasteiger partial charge in [-0.2, -0.15) is 5.26 Å². The van der Waals surface area contributed by atoms with Crippen LogP contribution in [0.5, 0.6) is 5.75 Å². The highest BCUT2D eigenvalue weighted by molar-refractivity contribution is 5.84. The van der Waals surface area contributed by atoms with E-state index in [-0.39, 0.29) is 17.1 Å². The van der Waals surface area contributed by atoms with E-state index in [0.717, 1.165) is 11.1 Å². The van der Waals surface area contributed by atoms with Crippen molar-refractivity contribution in [2.24, 2.45) is 0 Å². The summed E-state index contributed by atoms with van der Waals surface area (Å²) in [6.45, 7) is 3.77. The van der Waals surface area contributed by atoms with Crippen LogP contribution in [0.3, 0.4) is 0 Å². The van der Waals surface area contributed by atoms with Crippen LogP contribution in [0.4, 0.5) is 19.0 Å². The van der Waals surface area contributed by atoms with Gasteiger partial charge in [-0.15, -0.1) is 13.2 Å². The van der Waals surface area contributed by atoms with Gasteiger partial charge < -0.3 is 10.5 Å². The molecule has 0 spiro atoms. The van der Waals surface area contributed by atoms with Crippen molar-refractivity contribution in [2.75, 3.05) is 5.73 Å². The lowest BCUT2D eigenvalue weighted by Gasteiger charge is -2.16. The Labute approximate surface area is 160 Å². The third-order valence-corrected chi connectivity index (χ3v) is 4.28. The molecule has 142 valence electrons. The maximum atomic E-state index is 12.4. The van der Waals surface area contributed by atoms with Crippen LogP contribution >= 0.6 is 0 Å². The van der Waals surface area contributed by atoms with Crippen LogP contribution < -0.4 is 10.5 Å². The van der Waals surface area contributed by atoms with E-state index in [0.29, 0.717) is 22.4 Å². The molecular formula is C21H16F3N3O. The van der Waals surface area contributed by atoms with E-state index in [1.807, 2.05) is 37.3 Å². The molecule has 0 aliphatic carbocycles. The van der Waals surface area contributed by atoms with Crippen LogP contribution in [0.2, 0.25) is 0 Å². The highest BCUT2D eigenvalue weighted by Gasteiger charge is 2.31. The summed E-state index contributed by atoms with van der Waals surface area (Å²) in [7, 11) is 0. The van der Waals surface area contributed by atoms with Gasteiger partial charge in [-0.3, -0.25) is 0 Å². The third kappa shape index (κ3) is 3.91. The molecule has 1 heterocycles. The number of benzene rings is 2. The highest BCUT2D eigenvalue weighted by Crippen LogP contribution is 2.36. The van der Waals surface area contributed by atoms with E-state index >= 15 is 0 Å². The summed E-state index contributed by atoms with van der Waals surface area (Å²) in [5, 5.41) is 9.55. The molecule has 28 heavy (non-hydrogen) atoms. The Bertz CT molecular complexity index is 1050. The summed E-state index contributed by atoms with van der Waals surface area (Å²) >= 11 is 0. The molecule has 0 saturated heterocycles. The Hall–Kier alpha value is -3.53. The monoisotopic (exact) mass is 383 g/mol. The first kappa shape index (κ1) is 19.2. The maximum Gasteiger partial charge on any atom is 0.573 e. The normalized spacial score (nSPS) is 11.1. The van der Waals surface area contributed by atoms with Crippen LogP contribution in [0, 0.1) is 25.2 Å². The lowest BCUT2D eigenvalue weighted by atomic mass is 9.92. The summed E-state index contributed by atoms with van der Waals surface area (Å²) in [4.78, 5) is 4.38. The number of hydrogen-bond acceptors (Lipinski definition) is 4. The standard InChI is InChI=1S/C21H16F3N3O/c1-12-3-5-15(6-4-12)19-13(2)18(17(11-25)20(26)27-19)14-7-9-16(10-8-14)28-21(22,23)24/h3-10H,1-2H3,(H2,26,27). The Morgan fingerprint density at radius 3 is 2.07 bits per heavy atom. The number of alkyl halides is 3. The molecule has 0 aliphatic heterocycles. The molecule has 0 saturated carbocycles. The van der Waals surface area contributed by atoms with Crippen LogP contribution in [-0.2, 0) is 0 Å². The second-order valence-corrected chi connectivity index (χ2v) is 6.27. The number of rotatable bonds is 3. The fourth-order valence-electron chi connectivity index (χ4n) is 2.98. The summed E-state index contributed by atoms with van der Waals surface area (Å²) in [6, 6.07) is 15.0. The van der Waals surface area contributed by atoms with Gasteiger partial charge in [-0.25, -0.2) is 4.98 Å². The molecule has 3 aromatic rings. The van der Waals surface area contributed by atoms with Gasteiger partial charge in [0.15, 0.2) is 0 Å². The lowest BCUT2D eigenvalue weighted by molar-refractivity contribution is -0.274. The van der Waals surface area contributed by atoms with Gasteiger partial charge in [-0.05, 0) is 37.1 Å². The molecule has 0 atom stereocenters. The zero-order valence-electron chi connectivity index (χ0n) is 15.1. The highest BCUT2D eigenvalue weighted by atomic mass is 19.4. The maximum absolute atomic E-state index is 12.4. The van der Waals surface area contributed by atoms with Gasteiger partial charge >= 0.3 is 6.36 Å². The van der Waals surface area contributed by atoms with E-state index in [9.17, 15) is 18.4 Å². The van der Waals surface area contributed by atoms with Crippen molar-refractivity contribution in [1.82, 2.24) is 4.98 Å². The minimum atomic E-state index is -4.77. The summed E-state index contributed by atoms with van der Waals surface area (Å²) in [6.07, 6.45) is -4.77. The molecule has 0 unspecified atom stereocenters. The van der Waals surface area contributed by atoms with Gasteiger partial charge in [0.2, 0.25) is 0 Å². The first-order valence-electron chi connectivity index (χ1n) is 8.33. The van der Waals surface area contributed by atoms with Gasteiger partial charge in [0.25, 0.3) is 0 Å². The van der Waals surface area contributed by atoms with E-state index in [1.54, 1.807) is 6.92 Å². The largest absolute Gasteiger partial charge is 0.573 e. The van der Waals surface area contributed by atoms with E-state index < -0.39 is 6.36 Å². The number of nitriles is 1. The molecule has 7 heteroatoms. The Morgan fingerprint density at radius 2 is 1.54 bits per heavy atom. The number of aryl methyl sites for hydroxylation is 1. The number of nitrogens with two attached hydrogens (primary N) is 1. The average Bonchev–Trinajstić information content (AvgIpc) is 2.63. The van der Waals surface area contributed by atoms with Crippen molar-refractivity contribution in [2.45, 2.75) is 20.2 Å². The first-order valence-corrected chi connectivity index (χ1v) is 8.33. The number of nitrogen functional groups attached to an aromatic ring is 1. The summed E-state index contributed by atoms with van der Waals surface area (Å²) in [5.41, 5.74) is 10.5. The number of ether oxygens (including phenoxy) is 1. The van der Waals surface area contributed by atoms with Gasteiger partial charge in [0.05, 0.1) is 5.69 Å². The smallest absolute Gasteiger partial charge is 0.406 e. The summed E-state index contributed by atoms with van der Waals surface area (Å²) < 4.78 is 41.0. The molecule has 0 amide bonds. The molecule has 0 fully saturated rings. The fourth-order valence-corrected chi connectivity index (χ4v) is 2.98. The summed E-state index contributed by atoms with van der Waals surface area (Å²) in [5.74, 6) is -0.275. The van der Waals surface area contributed by atoms with Crippen LogP contribution in [0.1, 0.15) is 16.7 Å². The number of halogens is 3. The van der Waals surface area contributed by atoms with Crippen molar-refractivity contribution in [3.05, 3.63) is 65.2 Å². The van der Waals surface area contributed by atoms with Crippen LogP contribution in [0.25, 0.3) is 22.4 Å². The van der Waals surface area contributed by atoms with Crippen LogP contribution in [0.15, 0.2) is 48.5 Å². The third-order valence-electron chi connectivity index (χ3n) is 4.28. The quantitative estimate of drug-likeness (QED) is 0.659. The van der Waals surface area contributed by atoms with Crippen molar-refractivity contribution in [1.29, 1.82) is 5.26 Å². The molecule has 3 rings (SSSR count). The van der Waals surface area contributed by atoms with E-state index in [2.05, 4.69) is 9.72 Å². The zero-order chi connectivity index (χ0) is 20.5. The number of anilines is 1. The molecule has 2 N–H and O–H groups in total. The van der Waals surface area contributed by atoms with E-state index in [1.165, 1.54) is 24.3 Å². The van der Waals surface area contributed by atoms with Gasteiger partial charge in [-0.1, -0.05) is 42.0 Å². The van der Waals surface area contributed by atoms with Crippen LogP contribution in [-0.4, -0.2) is 11.3 Å².